The highest BCUT2D eigenvalue weighted by Gasteiger charge is 2.65. The topological polar surface area (TPSA) is 0 Å². The van der Waals surface area contributed by atoms with Gasteiger partial charge in [0.25, 0.3) is 0 Å². The van der Waals surface area contributed by atoms with Crippen LogP contribution in [0, 0.1) is 28.6 Å². The molecule has 0 bridgehead atoms. The second-order valence-electron chi connectivity index (χ2n) is 9.01. The summed E-state index contributed by atoms with van der Waals surface area (Å²) < 4.78 is 0. The Balaban J connectivity index is 1.77. The van der Waals surface area contributed by atoms with Gasteiger partial charge in [0.1, 0.15) is 0 Å². The molecule has 126 valence electrons. The van der Waals surface area contributed by atoms with Crippen molar-refractivity contribution < 1.29 is 0 Å². The molecule has 3 fully saturated rings. The molecule has 4 rings (SSSR count). The predicted octanol–water partition coefficient (Wildman–Crippen LogP) is 6.67. The lowest BCUT2D eigenvalue weighted by Crippen LogP contribution is -2.58. The lowest BCUT2D eigenvalue weighted by atomic mass is 9.47. The number of hydrogen-bond donors (Lipinski definition) is 0. The van der Waals surface area contributed by atoms with Gasteiger partial charge in [0.2, 0.25) is 0 Å². The number of hydrogen-bond acceptors (Lipinski definition) is 0. The van der Waals surface area contributed by atoms with E-state index < -0.39 is 0 Å². The monoisotopic (exact) mass is 330 g/mol. The zero-order chi connectivity index (χ0) is 16.5. The van der Waals surface area contributed by atoms with Crippen molar-refractivity contribution in [2.75, 3.05) is 0 Å². The zero-order valence-corrected chi connectivity index (χ0v) is 15.8. The molecule has 23 heavy (non-hydrogen) atoms. The molecule has 0 N–H and O–H groups in total. The van der Waals surface area contributed by atoms with Crippen LogP contribution in [0.3, 0.4) is 0 Å². The van der Waals surface area contributed by atoms with E-state index in [1.54, 1.807) is 5.57 Å². The Hall–Kier alpha value is -0.490. The minimum Gasteiger partial charge on any atom is -0.118 e. The van der Waals surface area contributed by atoms with Crippen LogP contribution in [0.5, 0.6) is 0 Å². The quantitative estimate of drug-likeness (QED) is 0.372. The van der Waals surface area contributed by atoms with Crippen LogP contribution >= 0.6 is 11.6 Å². The fourth-order valence-corrected chi connectivity index (χ4v) is 7.58. The first-order valence-corrected chi connectivity index (χ1v) is 9.98. The molecular weight excluding hydrogens is 300 g/mol. The summed E-state index contributed by atoms with van der Waals surface area (Å²) in [6.45, 7) is 11.8. The molecule has 0 unspecified atom stereocenters. The lowest BCUT2D eigenvalue weighted by Gasteiger charge is -2.61. The highest BCUT2D eigenvalue weighted by molar-refractivity contribution is 6.25. The van der Waals surface area contributed by atoms with Gasteiger partial charge >= 0.3 is 0 Å². The molecule has 6 atom stereocenters. The van der Waals surface area contributed by atoms with Gasteiger partial charge in [0.05, 0.1) is 4.87 Å². The highest BCUT2D eigenvalue weighted by Crippen LogP contribution is 2.70. The number of allylic oxidation sites excluding steroid dienone is 5. The van der Waals surface area contributed by atoms with E-state index >= 15 is 0 Å². The van der Waals surface area contributed by atoms with E-state index in [1.165, 1.54) is 37.7 Å². The van der Waals surface area contributed by atoms with Gasteiger partial charge in [-0.2, -0.15) is 0 Å². The first kappa shape index (κ1) is 16.0. The minimum absolute atomic E-state index is 0.0721. The number of alkyl halides is 1. The summed E-state index contributed by atoms with van der Waals surface area (Å²) in [6.07, 6.45) is 15.8. The molecule has 0 aliphatic heterocycles. The van der Waals surface area contributed by atoms with E-state index in [0.717, 1.165) is 18.8 Å². The Morgan fingerprint density at radius 1 is 1.26 bits per heavy atom. The van der Waals surface area contributed by atoms with Crippen LogP contribution in [0.25, 0.3) is 0 Å². The predicted molar refractivity (Wildman–Crippen MR) is 99.6 cm³/mol. The second-order valence-corrected chi connectivity index (χ2v) is 9.69. The van der Waals surface area contributed by atoms with Crippen molar-refractivity contribution in [2.45, 2.75) is 70.6 Å². The van der Waals surface area contributed by atoms with Crippen molar-refractivity contribution in [1.82, 2.24) is 0 Å². The molecule has 4 aliphatic rings. The van der Waals surface area contributed by atoms with Crippen molar-refractivity contribution in [2.24, 2.45) is 28.6 Å². The smallest absolute Gasteiger partial charge is 0.0603 e. The first-order valence-electron chi connectivity index (χ1n) is 9.60. The molecule has 0 spiro atoms. The average molecular weight is 331 g/mol. The van der Waals surface area contributed by atoms with Crippen LogP contribution in [-0.2, 0) is 0 Å². The zero-order valence-electron chi connectivity index (χ0n) is 15.0. The van der Waals surface area contributed by atoms with Gasteiger partial charge < -0.3 is 0 Å². The number of halogens is 1. The fraction of sp³-hybridized carbons (Fsp3) is 0.727. The summed E-state index contributed by atoms with van der Waals surface area (Å²) in [5.74, 6) is 2.08. The van der Waals surface area contributed by atoms with Gasteiger partial charge in [0.15, 0.2) is 0 Å². The van der Waals surface area contributed by atoms with E-state index in [9.17, 15) is 0 Å². The van der Waals surface area contributed by atoms with Crippen molar-refractivity contribution in [3.8, 4) is 0 Å². The summed E-state index contributed by atoms with van der Waals surface area (Å²) in [5.41, 5.74) is 3.62. The van der Waals surface area contributed by atoms with Gasteiger partial charge in [0, 0.05) is 5.41 Å². The van der Waals surface area contributed by atoms with Crippen LogP contribution in [0.2, 0.25) is 0 Å². The van der Waals surface area contributed by atoms with Crippen molar-refractivity contribution in [1.29, 1.82) is 0 Å². The molecule has 0 aromatic heterocycles. The Morgan fingerprint density at radius 3 is 2.78 bits per heavy atom. The van der Waals surface area contributed by atoms with E-state index in [2.05, 4.69) is 45.6 Å². The van der Waals surface area contributed by atoms with Crippen molar-refractivity contribution in [3.63, 3.8) is 0 Å². The minimum atomic E-state index is -0.0823. The van der Waals surface area contributed by atoms with Gasteiger partial charge in [-0.3, -0.25) is 0 Å². The molecular formula is C22H31Cl. The largest absolute Gasteiger partial charge is 0.118 e. The Morgan fingerprint density at radius 2 is 2.04 bits per heavy atom. The third kappa shape index (κ3) is 1.85. The van der Waals surface area contributed by atoms with Gasteiger partial charge in [-0.1, -0.05) is 56.7 Å². The molecule has 4 aliphatic carbocycles. The second kappa shape index (κ2) is 5.01. The van der Waals surface area contributed by atoms with Crippen molar-refractivity contribution >= 4 is 11.6 Å². The average Bonchev–Trinajstić information content (AvgIpc) is 2.78. The summed E-state index contributed by atoms with van der Waals surface area (Å²) in [7, 11) is 0. The molecule has 0 amide bonds. The molecule has 0 aromatic rings. The summed E-state index contributed by atoms with van der Waals surface area (Å²) in [6, 6.07) is 0. The van der Waals surface area contributed by atoms with Crippen LogP contribution in [0.15, 0.2) is 36.0 Å². The summed E-state index contributed by atoms with van der Waals surface area (Å²) in [5, 5.41) is 0. The molecule has 1 heteroatoms. The summed E-state index contributed by atoms with van der Waals surface area (Å²) >= 11 is 7.54. The highest BCUT2D eigenvalue weighted by atomic mass is 35.5. The molecule has 3 saturated carbocycles. The first-order chi connectivity index (χ1) is 10.9. The van der Waals surface area contributed by atoms with E-state index in [4.69, 9.17) is 11.6 Å². The summed E-state index contributed by atoms with van der Waals surface area (Å²) in [4.78, 5) is -0.0823. The maximum atomic E-state index is 7.54. The SMILES string of the molecule is C=C1C[C@H]2[C@@H]3CCC4=CCC=C[C@]4(C)[C@@]3(Cl)CC[C@]2(C)[C@@H]1CC. The molecule has 0 saturated heterocycles. The van der Waals surface area contributed by atoms with Gasteiger partial charge in [-0.15, -0.1) is 11.6 Å². The van der Waals surface area contributed by atoms with Gasteiger partial charge in [-0.05, 0) is 68.1 Å². The maximum Gasteiger partial charge on any atom is 0.0603 e. The molecule has 0 nitrogen and oxygen atoms in total. The van der Waals surface area contributed by atoms with Gasteiger partial charge in [-0.25, -0.2) is 0 Å². The third-order valence-corrected chi connectivity index (χ3v) is 9.20. The van der Waals surface area contributed by atoms with Crippen LogP contribution in [0.4, 0.5) is 0 Å². The fourth-order valence-electron chi connectivity index (χ4n) is 7.04. The number of fused-ring (bicyclic) bond motifs is 5. The van der Waals surface area contributed by atoms with Crippen molar-refractivity contribution in [3.05, 3.63) is 36.0 Å². The normalized spacial score (nSPS) is 51.7. The Labute approximate surface area is 147 Å². The van der Waals surface area contributed by atoms with Crippen LogP contribution in [-0.4, -0.2) is 4.87 Å². The third-order valence-electron chi connectivity index (χ3n) is 8.33. The number of rotatable bonds is 1. The van der Waals surface area contributed by atoms with E-state index in [1.807, 2.05) is 0 Å². The van der Waals surface area contributed by atoms with Crippen LogP contribution in [0.1, 0.15) is 65.7 Å². The van der Waals surface area contributed by atoms with E-state index in [0.29, 0.717) is 17.3 Å². The Bertz CT molecular complexity index is 599. The lowest BCUT2D eigenvalue weighted by molar-refractivity contribution is -0.0174. The van der Waals surface area contributed by atoms with Crippen LogP contribution < -0.4 is 0 Å². The molecule has 0 heterocycles. The maximum absolute atomic E-state index is 7.54. The Kier molecular flexibility index (Phi) is 3.48. The molecule has 0 radical (unpaired) electrons. The standard InChI is InChI=1S/C22H31Cl/c1-5-17-15(2)14-19-18-10-9-16-8-6-7-11-21(16,4)22(18,23)13-12-20(17,19)3/h7-8,11,17-19H,2,5-6,9-10,12-14H2,1,3-4H3/t17-,18+,19+,20-,21+,22-/m1/s1. The molecule has 0 aromatic carbocycles. The van der Waals surface area contributed by atoms with E-state index in [-0.39, 0.29) is 10.3 Å².